The second kappa shape index (κ2) is 8.40. The number of ether oxygens (including phenoxy) is 1. The molecule has 0 aromatic heterocycles. The molecule has 1 N–H and O–H groups in total. The molecule has 0 unspecified atom stereocenters. The first-order chi connectivity index (χ1) is 13.8. The predicted octanol–water partition coefficient (Wildman–Crippen LogP) is 4.34. The summed E-state index contributed by atoms with van der Waals surface area (Å²) in [6.45, 7) is 9.04. The molecule has 1 aliphatic rings. The monoisotopic (exact) mass is 389 g/mol. The zero-order valence-electron chi connectivity index (χ0n) is 17.5. The van der Waals surface area contributed by atoms with Crippen molar-refractivity contribution < 1.29 is 9.53 Å². The summed E-state index contributed by atoms with van der Waals surface area (Å²) in [6.07, 6.45) is 0.697. The Morgan fingerprint density at radius 2 is 2.00 bits per heavy atom. The molecule has 0 saturated carbocycles. The summed E-state index contributed by atoms with van der Waals surface area (Å²) in [5.41, 5.74) is 5.92. The van der Waals surface area contributed by atoms with E-state index in [1.165, 1.54) is 10.5 Å². The van der Waals surface area contributed by atoms with Crippen LogP contribution in [0.25, 0.3) is 11.1 Å². The number of benzene rings is 2. The fourth-order valence-electron chi connectivity index (χ4n) is 3.50. The van der Waals surface area contributed by atoms with E-state index in [4.69, 9.17) is 4.74 Å². The smallest absolute Gasteiger partial charge is 0.250 e. The molecular weight excluding hydrogens is 362 g/mol. The van der Waals surface area contributed by atoms with Gasteiger partial charge >= 0.3 is 0 Å². The standard InChI is InChI=1S/C24H27N3O2/c1-15(2)17-6-8-18(9-7-17)20-12-22(26-14-16(3)24(28)27(4)5)21(13-25)19-10-11-29-23(19)20/h6-9,12,15,26H,3,10-11,14H2,1-2,4-5H3. The highest BCUT2D eigenvalue weighted by Gasteiger charge is 2.24. The molecule has 2 aromatic rings. The van der Waals surface area contributed by atoms with Gasteiger partial charge in [0.25, 0.3) is 0 Å². The van der Waals surface area contributed by atoms with Crippen molar-refractivity contribution in [2.24, 2.45) is 0 Å². The van der Waals surface area contributed by atoms with Gasteiger partial charge in [-0.3, -0.25) is 4.79 Å². The predicted molar refractivity (Wildman–Crippen MR) is 116 cm³/mol. The van der Waals surface area contributed by atoms with E-state index < -0.39 is 0 Å². The maximum atomic E-state index is 12.1. The first kappa shape index (κ1) is 20.5. The number of fused-ring (bicyclic) bond motifs is 1. The largest absolute Gasteiger partial charge is 0.492 e. The van der Waals surface area contributed by atoms with Crippen LogP contribution in [0.3, 0.4) is 0 Å². The Morgan fingerprint density at radius 3 is 2.59 bits per heavy atom. The molecule has 0 saturated heterocycles. The molecule has 1 aliphatic heterocycles. The lowest BCUT2D eigenvalue weighted by atomic mass is 9.94. The van der Waals surface area contributed by atoms with Gasteiger partial charge in [-0.2, -0.15) is 5.26 Å². The van der Waals surface area contributed by atoms with Crippen molar-refractivity contribution in [2.45, 2.75) is 26.2 Å². The summed E-state index contributed by atoms with van der Waals surface area (Å²) in [6, 6.07) is 12.7. The zero-order chi connectivity index (χ0) is 21.1. The van der Waals surface area contributed by atoms with E-state index in [1.807, 2.05) is 6.07 Å². The molecule has 0 atom stereocenters. The number of nitriles is 1. The van der Waals surface area contributed by atoms with E-state index in [0.717, 1.165) is 22.4 Å². The molecule has 1 heterocycles. The van der Waals surface area contributed by atoms with Crippen LogP contribution in [0, 0.1) is 11.3 Å². The molecule has 3 rings (SSSR count). The number of rotatable bonds is 6. The van der Waals surface area contributed by atoms with Gasteiger partial charge in [-0.25, -0.2) is 0 Å². The van der Waals surface area contributed by atoms with Gasteiger partial charge < -0.3 is 15.0 Å². The molecule has 0 bridgehead atoms. The average Bonchev–Trinajstić information content (AvgIpc) is 3.20. The lowest BCUT2D eigenvalue weighted by molar-refractivity contribution is -0.124. The number of amides is 1. The van der Waals surface area contributed by atoms with Crippen molar-refractivity contribution in [3.05, 3.63) is 59.2 Å². The van der Waals surface area contributed by atoms with Crippen LogP contribution in [0.1, 0.15) is 36.5 Å². The maximum absolute atomic E-state index is 12.1. The number of nitrogens with zero attached hydrogens (tertiary/aromatic N) is 2. The van der Waals surface area contributed by atoms with Crippen molar-refractivity contribution in [1.29, 1.82) is 5.26 Å². The van der Waals surface area contributed by atoms with Gasteiger partial charge in [0.15, 0.2) is 0 Å². The van der Waals surface area contributed by atoms with Crippen LogP contribution in [-0.2, 0) is 11.2 Å². The average molecular weight is 389 g/mol. The van der Waals surface area contributed by atoms with Crippen LogP contribution >= 0.6 is 0 Å². The number of carbonyl (C=O) groups is 1. The Kier molecular flexibility index (Phi) is 5.93. The highest BCUT2D eigenvalue weighted by atomic mass is 16.5. The van der Waals surface area contributed by atoms with Gasteiger partial charge in [0.05, 0.1) is 17.9 Å². The second-order valence-electron chi connectivity index (χ2n) is 7.80. The first-order valence-corrected chi connectivity index (χ1v) is 9.79. The number of hydrogen-bond donors (Lipinski definition) is 1. The molecular formula is C24H27N3O2. The zero-order valence-corrected chi connectivity index (χ0v) is 17.5. The van der Waals surface area contributed by atoms with Crippen molar-refractivity contribution in [3.63, 3.8) is 0 Å². The minimum atomic E-state index is -0.134. The molecule has 2 aromatic carbocycles. The highest BCUT2D eigenvalue weighted by molar-refractivity contribution is 5.93. The summed E-state index contributed by atoms with van der Waals surface area (Å²) in [5.74, 6) is 1.11. The molecule has 1 amide bonds. The van der Waals surface area contributed by atoms with Gasteiger partial charge in [-0.15, -0.1) is 0 Å². The Bertz CT molecular complexity index is 983. The number of likely N-dealkylation sites (N-methyl/N-ethyl adjacent to an activating group) is 1. The van der Waals surface area contributed by atoms with Crippen LogP contribution in [0.5, 0.6) is 5.75 Å². The molecule has 5 heteroatoms. The van der Waals surface area contributed by atoms with E-state index in [0.29, 0.717) is 35.8 Å². The maximum Gasteiger partial charge on any atom is 0.250 e. The molecule has 5 nitrogen and oxygen atoms in total. The van der Waals surface area contributed by atoms with Crippen LogP contribution in [0.2, 0.25) is 0 Å². The Balaban J connectivity index is 1.99. The topological polar surface area (TPSA) is 65.4 Å². The van der Waals surface area contributed by atoms with E-state index in [2.05, 4.69) is 56.1 Å². The van der Waals surface area contributed by atoms with E-state index in [1.54, 1.807) is 14.1 Å². The summed E-state index contributed by atoms with van der Waals surface area (Å²) in [4.78, 5) is 13.6. The molecule has 29 heavy (non-hydrogen) atoms. The number of anilines is 1. The van der Waals surface area contributed by atoms with Gasteiger partial charge in [0.1, 0.15) is 11.8 Å². The summed E-state index contributed by atoms with van der Waals surface area (Å²) < 4.78 is 5.90. The SMILES string of the molecule is C=C(CNc1cc(-c2ccc(C(C)C)cc2)c2c(c1C#N)CCO2)C(=O)N(C)C. The third kappa shape index (κ3) is 4.12. The Hall–Kier alpha value is -3.26. The second-order valence-corrected chi connectivity index (χ2v) is 7.80. The molecule has 0 spiro atoms. The molecule has 0 aliphatic carbocycles. The van der Waals surface area contributed by atoms with Crippen LogP contribution in [0.4, 0.5) is 5.69 Å². The van der Waals surface area contributed by atoms with Gasteiger partial charge in [-0.1, -0.05) is 44.7 Å². The minimum absolute atomic E-state index is 0.134. The normalized spacial score (nSPS) is 12.1. The first-order valence-electron chi connectivity index (χ1n) is 9.79. The summed E-state index contributed by atoms with van der Waals surface area (Å²) in [7, 11) is 3.39. The van der Waals surface area contributed by atoms with E-state index in [-0.39, 0.29) is 12.5 Å². The molecule has 0 radical (unpaired) electrons. The molecule has 0 fully saturated rings. The lowest BCUT2D eigenvalue weighted by Gasteiger charge is -2.17. The van der Waals surface area contributed by atoms with E-state index >= 15 is 0 Å². The Labute approximate surface area is 172 Å². The van der Waals surface area contributed by atoms with Crippen LogP contribution in [0.15, 0.2) is 42.5 Å². The van der Waals surface area contributed by atoms with Gasteiger partial charge in [0.2, 0.25) is 5.91 Å². The third-order valence-corrected chi connectivity index (χ3v) is 5.18. The van der Waals surface area contributed by atoms with Gasteiger partial charge in [0, 0.05) is 43.8 Å². The van der Waals surface area contributed by atoms with Crippen LogP contribution < -0.4 is 10.1 Å². The number of carbonyl (C=O) groups excluding carboxylic acids is 1. The van der Waals surface area contributed by atoms with Crippen molar-refractivity contribution in [3.8, 4) is 22.9 Å². The number of nitrogens with one attached hydrogen (secondary N) is 1. The molecule has 150 valence electrons. The lowest BCUT2D eigenvalue weighted by Crippen LogP contribution is -2.26. The quantitative estimate of drug-likeness (QED) is 0.747. The Morgan fingerprint density at radius 1 is 1.31 bits per heavy atom. The van der Waals surface area contributed by atoms with Crippen LogP contribution in [-0.4, -0.2) is 38.1 Å². The fourth-order valence-corrected chi connectivity index (χ4v) is 3.50. The minimum Gasteiger partial charge on any atom is -0.492 e. The number of hydrogen-bond acceptors (Lipinski definition) is 4. The van der Waals surface area contributed by atoms with Crippen molar-refractivity contribution in [1.82, 2.24) is 4.90 Å². The van der Waals surface area contributed by atoms with Crippen molar-refractivity contribution in [2.75, 3.05) is 32.6 Å². The third-order valence-electron chi connectivity index (χ3n) is 5.18. The summed E-state index contributed by atoms with van der Waals surface area (Å²) >= 11 is 0. The summed E-state index contributed by atoms with van der Waals surface area (Å²) in [5, 5.41) is 13.0. The van der Waals surface area contributed by atoms with E-state index in [9.17, 15) is 10.1 Å². The van der Waals surface area contributed by atoms with Gasteiger partial charge in [-0.05, 0) is 23.1 Å². The van der Waals surface area contributed by atoms with Crippen molar-refractivity contribution >= 4 is 11.6 Å². The highest BCUT2D eigenvalue weighted by Crippen LogP contribution is 2.42. The fraction of sp³-hybridized carbons (Fsp3) is 0.333.